The van der Waals surface area contributed by atoms with E-state index in [1.165, 1.54) is 31.4 Å². The number of methoxy groups -OCH3 is 1. The largest absolute Gasteiger partial charge is 0.497 e. The lowest BCUT2D eigenvalue weighted by Crippen LogP contribution is -2.27. The molecule has 2 aromatic carbocycles. The molecule has 0 aliphatic rings. The van der Waals surface area contributed by atoms with Crippen LogP contribution in [0.25, 0.3) is 0 Å². The van der Waals surface area contributed by atoms with E-state index < -0.39 is 27.6 Å². The summed E-state index contributed by atoms with van der Waals surface area (Å²) in [6.07, 6.45) is -0.201. The standard InChI is InChI=1S/C16H16F2N2O4S/c1-24-14-2-4-15(5-3-14)25(22,23)19-7-6-16(21)20-13-9-11(17)8-12(18)10-13/h2-5,8-10,19H,6-7H2,1H3,(H,20,21). The first-order valence-electron chi connectivity index (χ1n) is 7.20. The molecule has 0 heterocycles. The van der Waals surface area contributed by atoms with E-state index >= 15 is 0 Å². The molecule has 2 rings (SSSR count). The Kier molecular flexibility index (Phi) is 6.05. The number of ether oxygens (including phenoxy) is 1. The molecule has 0 saturated carbocycles. The summed E-state index contributed by atoms with van der Waals surface area (Å²) in [5.41, 5.74) is -0.0412. The van der Waals surface area contributed by atoms with Crippen LogP contribution in [0.5, 0.6) is 5.75 Å². The second-order valence-electron chi connectivity index (χ2n) is 5.03. The van der Waals surface area contributed by atoms with E-state index in [0.717, 1.165) is 12.1 Å². The van der Waals surface area contributed by atoms with Gasteiger partial charge in [0.1, 0.15) is 17.4 Å². The Balaban J connectivity index is 1.89. The molecular formula is C16H16F2N2O4S. The third-order valence-electron chi connectivity index (χ3n) is 3.16. The maximum atomic E-state index is 13.0. The average molecular weight is 370 g/mol. The number of rotatable bonds is 7. The van der Waals surface area contributed by atoms with Crippen LogP contribution in [0.15, 0.2) is 47.4 Å². The monoisotopic (exact) mass is 370 g/mol. The van der Waals surface area contributed by atoms with Crippen molar-refractivity contribution < 1.29 is 26.7 Å². The smallest absolute Gasteiger partial charge is 0.240 e. The highest BCUT2D eigenvalue weighted by molar-refractivity contribution is 7.89. The summed E-state index contributed by atoms with van der Waals surface area (Å²) in [6.45, 7) is -0.169. The van der Waals surface area contributed by atoms with Crippen LogP contribution in [-0.4, -0.2) is 28.0 Å². The Bertz CT molecular complexity index is 835. The fourth-order valence-corrected chi connectivity index (χ4v) is 3.02. The molecule has 25 heavy (non-hydrogen) atoms. The summed E-state index contributed by atoms with van der Waals surface area (Å²) < 4.78 is 57.5. The highest BCUT2D eigenvalue weighted by Gasteiger charge is 2.14. The number of carbonyl (C=O) groups is 1. The van der Waals surface area contributed by atoms with Gasteiger partial charge < -0.3 is 10.1 Å². The Morgan fingerprint density at radius 2 is 1.68 bits per heavy atom. The molecule has 0 atom stereocenters. The van der Waals surface area contributed by atoms with Crippen molar-refractivity contribution in [1.29, 1.82) is 0 Å². The number of amides is 1. The van der Waals surface area contributed by atoms with E-state index in [-0.39, 0.29) is 23.5 Å². The molecule has 1 amide bonds. The van der Waals surface area contributed by atoms with Crippen LogP contribution in [0.3, 0.4) is 0 Å². The topological polar surface area (TPSA) is 84.5 Å². The summed E-state index contributed by atoms with van der Waals surface area (Å²) in [5.74, 6) is -1.71. The number of sulfonamides is 1. The van der Waals surface area contributed by atoms with Gasteiger partial charge >= 0.3 is 0 Å². The van der Waals surface area contributed by atoms with E-state index in [2.05, 4.69) is 10.0 Å². The molecule has 134 valence electrons. The minimum Gasteiger partial charge on any atom is -0.497 e. The van der Waals surface area contributed by atoms with E-state index in [1.807, 2.05) is 0 Å². The third kappa shape index (κ3) is 5.50. The Hall–Kier alpha value is -2.52. The van der Waals surface area contributed by atoms with Gasteiger partial charge in [0.05, 0.1) is 12.0 Å². The van der Waals surface area contributed by atoms with Crippen molar-refractivity contribution in [2.75, 3.05) is 19.0 Å². The van der Waals surface area contributed by atoms with Crippen LogP contribution in [0.4, 0.5) is 14.5 Å². The number of hydrogen-bond acceptors (Lipinski definition) is 4. The van der Waals surface area contributed by atoms with Gasteiger partial charge in [-0.2, -0.15) is 0 Å². The Labute approximate surface area is 143 Å². The van der Waals surface area contributed by atoms with Crippen LogP contribution in [-0.2, 0) is 14.8 Å². The zero-order valence-electron chi connectivity index (χ0n) is 13.3. The van der Waals surface area contributed by atoms with E-state index in [0.29, 0.717) is 11.8 Å². The number of benzene rings is 2. The van der Waals surface area contributed by atoms with Crippen molar-refractivity contribution >= 4 is 21.6 Å². The molecule has 0 aromatic heterocycles. The van der Waals surface area contributed by atoms with Crippen molar-refractivity contribution in [3.63, 3.8) is 0 Å². The highest BCUT2D eigenvalue weighted by atomic mass is 32.2. The van der Waals surface area contributed by atoms with Crippen LogP contribution in [0, 0.1) is 11.6 Å². The molecule has 9 heteroatoms. The highest BCUT2D eigenvalue weighted by Crippen LogP contribution is 2.15. The van der Waals surface area contributed by atoms with Crippen molar-refractivity contribution in [3.8, 4) is 5.75 Å². The van der Waals surface area contributed by atoms with Gasteiger partial charge in [-0.05, 0) is 36.4 Å². The maximum absolute atomic E-state index is 13.0. The quantitative estimate of drug-likeness (QED) is 0.783. The lowest BCUT2D eigenvalue weighted by atomic mass is 10.3. The third-order valence-corrected chi connectivity index (χ3v) is 4.64. The molecule has 2 N–H and O–H groups in total. The molecule has 0 unspecified atom stereocenters. The molecule has 0 aliphatic carbocycles. The van der Waals surface area contributed by atoms with Crippen molar-refractivity contribution in [2.45, 2.75) is 11.3 Å². The maximum Gasteiger partial charge on any atom is 0.240 e. The molecule has 0 saturated heterocycles. The molecule has 0 radical (unpaired) electrons. The Morgan fingerprint density at radius 3 is 2.24 bits per heavy atom. The first-order chi connectivity index (χ1) is 11.8. The van der Waals surface area contributed by atoms with Crippen LogP contribution in [0.2, 0.25) is 0 Å². The normalized spacial score (nSPS) is 11.2. The first-order valence-corrected chi connectivity index (χ1v) is 8.68. The number of hydrogen-bond donors (Lipinski definition) is 2. The van der Waals surface area contributed by atoms with Gasteiger partial charge in [-0.25, -0.2) is 21.9 Å². The SMILES string of the molecule is COc1ccc(S(=O)(=O)NCCC(=O)Nc2cc(F)cc(F)c2)cc1. The zero-order chi connectivity index (χ0) is 18.4. The molecule has 6 nitrogen and oxygen atoms in total. The molecule has 0 fully saturated rings. The molecule has 0 bridgehead atoms. The van der Waals surface area contributed by atoms with E-state index in [9.17, 15) is 22.0 Å². The van der Waals surface area contributed by atoms with Crippen LogP contribution >= 0.6 is 0 Å². The molecular weight excluding hydrogens is 354 g/mol. The summed E-state index contributed by atoms with van der Waals surface area (Å²) in [5, 5.41) is 2.29. The predicted molar refractivity (Wildman–Crippen MR) is 87.8 cm³/mol. The van der Waals surface area contributed by atoms with Crippen LogP contribution < -0.4 is 14.8 Å². The summed E-state index contributed by atoms with van der Waals surface area (Å²) >= 11 is 0. The van der Waals surface area contributed by atoms with Crippen molar-refractivity contribution in [3.05, 3.63) is 54.1 Å². The molecule has 0 spiro atoms. The van der Waals surface area contributed by atoms with Gasteiger partial charge in [-0.1, -0.05) is 0 Å². The van der Waals surface area contributed by atoms with Gasteiger partial charge in [0.2, 0.25) is 15.9 Å². The van der Waals surface area contributed by atoms with E-state index in [1.54, 1.807) is 0 Å². The molecule has 2 aromatic rings. The predicted octanol–water partition coefficient (Wildman–Crippen LogP) is 2.28. The fraction of sp³-hybridized carbons (Fsp3) is 0.188. The summed E-state index contributed by atoms with van der Waals surface area (Å²) in [4.78, 5) is 11.8. The van der Waals surface area contributed by atoms with Gasteiger partial charge in [0.25, 0.3) is 0 Å². The summed E-state index contributed by atoms with van der Waals surface area (Å²) in [7, 11) is -2.31. The van der Waals surface area contributed by atoms with Gasteiger partial charge in [0.15, 0.2) is 0 Å². The number of halogens is 2. The minimum atomic E-state index is -3.77. The minimum absolute atomic E-state index is 0.0286. The van der Waals surface area contributed by atoms with Gasteiger partial charge in [-0.15, -0.1) is 0 Å². The van der Waals surface area contributed by atoms with Gasteiger partial charge in [0, 0.05) is 24.7 Å². The van der Waals surface area contributed by atoms with Crippen molar-refractivity contribution in [1.82, 2.24) is 4.72 Å². The number of carbonyl (C=O) groups excluding carboxylic acids is 1. The van der Waals surface area contributed by atoms with Gasteiger partial charge in [-0.3, -0.25) is 4.79 Å². The first kappa shape index (κ1) is 18.8. The Morgan fingerprint density at radius 1 is 1.08 bits per heavy atom. The van der Waals surface area contributed by atoms with Crippen molar-refractivity contribution in [2.24, 2.45) is 0 Å². The number of nitrogens with one attached hydrogen (secondary N) is 2. The zero-order valence-corrected chi connectivity index (χ0v) is 14.1. The average Bonchev–Trinajstić information content (AvgIpc) is 2.53. The molecule has 0 aliphatic heterocycles. The second kappa shape index (κ2) is 8.04. The van der Waals surface area contributed by atoms with Crippen LogP contribution in [0.1, 0.15) is 6.42 Å². The summed E-state index contributed by atoms with van der Waals surface area (Å²) in [6, 6.07) is 8.34. The fourth-order valence-electron chi connectivity index (χ4n) is 1.99. The number of anilines is 1. The lowest BCUT2D eigenvalue weighted by molar-refractivity contribution is -0.116. The van der Waals surface area contributed by atoms with E-state index in [4.69, 9.17) is 4.74 Å². The lowest BCUT2D eigenvalue weighted by Gasteiger charge is -2.08. The second-order valence-corrected chi connectivity index (χ2v) is 6.80.